The van der Waals surface area contributed by atoms with Crippen molar-refractivity contribution < 1.29 is 9.59 Å². The van der Waals surface area contributed by atoms with Crippen molar-refractivity contribution in [2.45, 2.75) is 45.2 Å². The van der Waals surface area contributed by atoms with Crippen molar-refractivity contribution in [2.75, 3.05) is 6.54 Å². The van der Waals surface area contributed by atoms with Crippen LogP contribution in [0.2, 0.25) is 0 Å². The third-order valence-corrected chi connectivity index (χ3v) is 3.62. The lowest BCUT2D eigenvalue weighted by Gasteiger charge is -2.36. The highest BCUT2D eigenvalue weighted by Crippen LogP contribution is 2.24. The number of fused-ring (bicyclic) bond motifs is 1. The summed E-state index contributed by atoms with van der Waals surface area (Å²) in [5, 5.41) is 2.86. The number of nitrogens with zero attached hydrogens (tertiary/aromatic N) is 1. The Morgan fingerprint density at radius 2 is 2.27 bits per heavy atom. The van der Waals surface area contributed by atoms with Gasteiger partial charge in [-0.3, -0.25) is 9.59 Å². The van der Waals surface area contributed by atoms with Crippen LogP contribution in [0.3, 0.4) is 0 Å². The molecule has 2 fully saturated rings. The molecule has 3 atom stereocenters. The Kier molecular flexibility index (Phi) is 2.67. The first-order valence-electron chi connectivity index (χ1n) is 5.76. The Morgan fingerprint density at radius 1 is 1.53 bits per heavy atom. The zero-order valence-electron chi connectivity index (χ0n) is 9.32. The van der Waals surface area contributed by atoms with Crippen molar-refractivity contribution in [3.63, 3.8) is 0 Å². The highest BCUT2D eigenvalue weighted by molar-refractivity contribution is 5.97. The molecule has 2 rings (SSSR count). The van der Waals surface area contributed by atoms with Crippen molar-refractivity contribution in [2.24, 2.45) is 5.92 Å². The van der Waals surface area contributed by atoms with Crippen molar-refractivity contribution in [1.29, 1.82) is 0 Å². The molecule has 4 nitrogen and oxygen atoms in total. The Hall–Kier alpha value is -1.06. The van der Waals surface area contributed by atoms with Gasteiger partial charge in [0.2, 0.25) is 11.8 Å². The van der Waals surface area contributed by atoms with Crippen LogP contribution in [-0.4, -0.2) is 35.3 Å². The summed E-state index contributed by atoms with van der Waals surface area (Å²) in [6.07, 6.45) is 2.69. The number of hydrogen-bond donors (Lipinski definition) is 1. The summed E-state index contributed by atoms with van der Waals surface area (Å²) >= 11 is 0. The maximum atomic E-state index is 12.1. The van der Waals surface area contributed by atoms with Gasteiger partial charge in [-0.1, -0.05) is 20.3 Å². The van der Waals surface area contributed by atoms with Crippen LogP contribution in [0.15, 0.2) is 0 Å². The van der Waals surface area contributed by atoms with Gasteiger partial charge in [0.15, 0.2) is 0 Å². The third kappa shape index (κ3) is 1.62. The van der Waals surface area contributed by atoms with E-state index >= 15 is 0 Å². The fraction of sp³-hybridized carbons (Fsp3) is 0.818. The molecule has 15 heavy (non-hydrogen) atoms. The number of carbonyl (C=O) groups excluding carboxylic acids is 2. The molecule has 2 saturated heterocycles. The van der Waals surface area contributed by atoms with E-state index in [1.807, 2.05) is 13.8 Å². The zero-order valence-corrected chi connectivity index (χ0v) is 9.32. The second-order valence-electron chi connectivity index (χ2n) is 4.56. The van der Waals surface area contributed by atoms with Crippen LogP contribution in [0.25, 0.3) is 0 Å². The van der Waals surface area contributed by atoms with E-state index < -0.39 is 0 Å². The summed E-state index contributed by atoms with van der Waals surface area (Å²) < 4.78 is 0. The first-order valence-corrected chi connectivity index (χ1v) is 5.76. The zero-order chi connectivity index (χ0) is 11.0. The summed E-state index contributed by atoms with van der Waals surface area (Å²) in [6, 6.07) is -0.477. The monoisotopic (exact) mass is 210 g/mol. The van der Waals surface area contributed by atoms with Crippen molar-refractivity contribution in [3.8, 4) is 0 Å². The Morgan fingerprint density at radius 3 is 2.93 bits per heavy atom. The van der Waals surface area contributed by atoms with E-state index in [0.29, 0.717) is 0 Å². The third-order valence-electron chi connectivity index (χ3n) is 3.62. The quantitative estimate of drug-likeness (QED) is 0.722. The minimum absolute atomic E-state index is 0.0393. The van der Waals surface area contributed by atoms with Crippen LogP contribution < -0.4 is 5.32 Å². The van der Waals surface area contributed by atoms with Gasteiger partial charge in [-0.25, -0.2) is 0 Å². The average molecular weight is 210 g/mol. The summed E-state index contributed by atoms with van der Waals surface area (Å²) in [7, 11) is 0. The second kappa shape index (κ2) is 3.83. The van der Waals surface area contributed by atoms with Gasteiger partial charge in [0.05, 0.1) is 0 Å². The van der Waals surface area contributed by atoms with Gasteiger partial charge in [-0.2, -0.15) is 0 Å². The molecule has 0 radical (unpaired) electrons. The highest BCUT2D eigenvalue weighted by Gasteiger charge is 2.44. The molecule has 0 aliphatic carbocycles. The van der Waals surface area contributed by atoms with E-state index in [-0.39, 0.29) is 29.8 Å². The molecule has 0 unspecified atom stereocenters. The van der Waals surface area contributed by atoms with Gasteiger partial charge in [0.1, 0.15) is 12.1 Å². The molecular weight excluding hydrogens is 192 g/mol. The Labute approximate surface area is 90.0 Å². The van der Waals surface area contributed by atoms with Gasteiger partial charge in [-0.05, 0) is 18.8 Å². The number of amides is 2. The van der Waals surface area contributed by atoms with Crippen LogP contribution >= 0.6 is 0 Å². The van der Waals surface area contributed by atoms with E-state index in [9.17, 15) is 9.59 Å². The number of nitrogens with one attached hydrogen (secondary N) is 1. The van der Waals surface area contributed by atoms with Crippen LogP contribution in [0, 0.1) is 5.92 Å². The number of piperazine rings is 1. The molecule has 2 amide bonds. The normalized spacial score (nSPS) is 32.5. The summed E-state index contributed by atoms with van der Waals surface area (Å²) in [6.45, 7) is 4.81. The molecule has 0 aromatic rings. The van der Waals surface area contributed by atoms with E-state index in [1.165, 1.54) is 0 Å². The van der Waals surface area contributed by atoms with Crippen molar-refractivity contribution >= 4 is 11.8 Å². The van der Waals surface area contributed by atoms with Gasteiger partial charge in [-0.15, -0.1) is 0 Å². The second-order valence-corrected chi connectivity index (χ2v) is 4.56. The van der Waals surface area contributed by atoms with Gasteiger partial charge < -0.3 is 10.2 Å². The maximum Gasteiger partial charge on any atom is 0.246 e. The number of carbonyl (C=O) groups is 2. The predicted octanol–water partition coefficient (Wildman–Crippen LogP) is 0.522. The Balaban J connectivity index is 2.17. The van der Waals surface area contributed by atoms with Gasteiger partial charge in [0.25, 0.3) is 0 Å². The summed E-state index contributed by atoms with van der Waals surface area (Å²) in [4.78, 5) is 25.6. The Bertz CT molecular complexity index is 290. The SMILES string of the molecule is CC[C@H](C)[C@H]1NC(=O)[C@@H]2CCCN2C1=O. The molecule has 0 aromatic carbocycles. The molecule has 4 heteroatoms. The average Bonchev–Trinajstić information content (AvgIpc) is 2.71. The fourth-order valence-corrected chi connectivity index (χ4v) is 2.41. The van der Waals surface area contributed by atoms with Crippen LogP contribution in [0.1, 0.15) is 33.1 Å². The lowest BCUT2D eigenvalue weighted by Crippen LogP contribution is -2.62. The van der Waals surface area contributed by atoms with Gasteiger partial charge >= 0.3 is 0 Å². The van der Waals surface area contributed by atoms with Crippen LogP contribution in [0.4, 0.5) is 0 Å². The van der Waals surface area contributed by atoms with Gasteiger partial charge in [0, 0.05) is 6.54 Å². The summed E-state index contributed by atoms with van der Waals surface area (Å²) in [5.41, 5.74) is 0. The first kappa shape index (κ1) is 10.5. The molecule has 2 heterocycles. The van der Waals surface area contributed by atoms with Crippen molar-refractivity contribution in [1.82, 2.24) is 10.2 Å². The molecule has 0 spiro atoms. The van der Waals surface area contributed by atoms with E-state index in [4.69, 9.17) is 0 Å². The number of hydrogen-bond acceptors (Lipinski definition) is 2. The molecule has 0 aromatic heterocycles. The van der Waals surface area contributed by atoms with Crippen LogP contribution in [-0.2, 0) is 9.59 Å². The topological polar surface area (TPSA) is 49.4 Å². The standard InChI is InChI=1S/C11H18N2O2/c1-3-7(2)9-11(15)13-6-4-5-8(13)10(14)12-9/h7-9H,3-6H2,1-2H3,(H,12,14)/t7-,8-,9+/m0/s1. The lowest BCUT2D eigenvalue weighted by atomic mass is 9.95. The molecule has 0 bridgehead atoms. The first-order chi connectivity index (χ1) is 7.15. The molecule has 2 aliphatic heterocycles. The largest absolute Gasteiger partial charge is 0.342 e. The van der Waals surface area contributed by atoms with E-state index in [0.717, 1.165) is 25.8 Å². The maximum absolute atomic E-state index is 12.1. The smallest absolute Gasteiger partial charge is 0.246 e. The molecule has 84 valence electrons. The number of rotatable bonds is 2. The van der Waals surface area contributed by atoms with E-state index in [2.05, 4.69) is 5.32 Å². The predicted molar refractivity (Wildman–Crippen MR) is 56.1 cm³/mol. The van der Waals surface area contributed by atoms with Crippen molar-refractivity contribution in [3.05, 3.63) is 0 Å². The molecular formula is C11H18N2O2. The van der Waals surface area contributed by atoms with E-state index in [1.54, 1.807) is 4.90 Å². The molecule has 0 saturated carbocycles. The highest BCUT2D eigenvalue weighted by atomic mass is 16.2. The lowest BCUT2D eigenvalue weighted by molar-refractivity contribution is -0.148. The summed E-state index contributed by atoms with van der Waals surface area (Å²) in [5.74, 6) is 0.381. The minimum atomic E-state index is -0.295. The minimum Gasteiger partial charge on any atom is -0.342 e. The molecule has 1 N–H and O–H groups in total. The fourth-order valence-electron chi connectivity index (χ4n) is 2.41. The van der Waals surface area contributed by atoms with Crippen LogP contribution in [0.5, 0.6) is 0 Å². The molecule has 2 aliphatic rings.